The second-order valence-electron chi connectivity index (χ2n) is 9.95. The van der Waals surface area contributed by atoms with Gasteiger partial charge in [0, 0.05) is 0 Å². The van der Waals surface area contributed by atoms with Crippen LogP contribution in [0.5, 0.6) is 0 Å². The molecule has 32 heavy (non-hydrogen) atoms. The highest BCUT2D eigenvalue weighted by Gasteiger charge is 2.40. The number of ether oxygens (including phenoxy) is 2. The van der Waals surface area contributed by atoms with Crippen LogP contribution in [0.4, 0.5) is 0 Å². The minimum Gasteiger partial charge on any atom is -0.390 e. The Labute approximate surface area is 196 Å². The maximum absolute atomic E-state index is 10.6. The van der Waals surface area contributed by atoms with Crippen LogP contribution in [-0.4, -0.2) is 58.0 Å². The van der Waals surface area contributed by atoms with Crippen LogP contribution in [0, 0.1) is 12.3 Å². The van der Waals surface area contributed by atoms with Crippen molar-refractivity contribution in [3.8, 4) is 12.3 Å². The molecule has 0 bridgehead atoms. The molecule has 5 nitrogen and oxygen atoms in total. The van der Waals surface area contributed by atoms with Gasteiger partial charge in [-0.1, -0.05) is 70.6 Å². The van der Waals surface area contributed by atoms with E-state index in [-0.39, 0.29) is 30.5 Å². The number of aliphatic hydroxyl groups is 3. The van der Waals surface area contributed by atoms with Crippen LogP contribution < -0.4 is 0 Å². The highest BCUT2D eigenvalue weighted by atomic mass is 16.6. The van der Waals surface area contributed by atoms with Gasteiger partial charge < -0.3 is 24.8 Å². The van der Waals surface area contributed by atoms with E-state index in [1.807, 2.05) is 0 Å². The predicted octanol–water partition coefficient (Wildman–Crippen LogP) is 4.89. The highest BCUT2D eigenvalue weighted by molar-refractivity contribution is 4.93. The number of unbranched alkanes of at least 4 members (excludes halogenated alkanes) is 8. The van der Waals surface area contributed by atoms with Gasteiger partial charge in [0.2, 0.25) is 0 Å². The van der Waals surface area contributed by atoms with Gasteiger partial charge in [0.25, 0.3) is 0 Å². The summed E-state index contributed by atoms with van der Waals surface area (Å²) in [5.41, 5.74) is 0. The zero-order chi connectivity index (χ0) is 23.2. The molecule has 5 heteroatoms. The number of hydrogen-bond donors (Lipinski definition) is 3. The maximum atomic E-state index is 10.6. The van der Waals surface area contributed by atoms with Crippen molar-refractivity contribution >= 4 is 0 Å². The van der Waals surface area contributed by atoms with Crippen LogP contribution >= 0.6 is 0 Å². The SMILES string of the molecule is C#C[C@@H](O)CCCC[C@@H](O)[C@H]1CC[C@H]([C@@H]2CC[C@H]([C@H](O)CCCCCCCCCC)O2)O1. The van der Waals surface area contributed by atoms with E-state index in [0.717, 1.165) is 51.4 Å². The van der Waals surface area contributed by atoms with Crippen molar-refractivity contribution in [2.75, 3.05) is 0 Å². The summed E-state index contributed by atoms with van der Waals surface area (Å²) in [6.07, 6.45) is 21.0. The van der Waals surface area contributed by atoms with Crippen molar-refractivity contribution in [1.82, 2.24) is 0 Å². The molecule has 0 radical (unpaired) electrons. The summed E-state index contributed by atoms with van der Waals surface area (Å²) in [5.74, 6) is 2.32. The Morgan fingerprint density at radius 1 is 0.688 bits per heavy atom. The first-order chi connectivity index (χ1) is 15.5. The van der Waals surface area contributed by atoms with Gasteiger partial charge in [0.1, 0.15) is 6.10 Å². The Kier molecular flexibility index (Phi) is 13.9. The average molecular weight is 453 g/mol. The fourth-order valence-electron chi connectivity index (χ4n) is 5.13. The van der Waals surface area contributed by atoms with E-state index in [2.05, 4.69) is 12.8 Å². The van der Waals surface area contributed by atoms with Crippen LogP contribution in [0.3, 0.4) is 0 Å². The van der Waals surface area contributed by atoms with Crippen molar-refractivity contribution in [3.63, 3.8) is 0 Å². The summed E-state index contributed by atoms with van der Waals surface area (Å²) in [4.78, 5) is 0. The lowest BCUT2D eigenvalue weighted by molar-refractivity contribution is -0.110. The van der Waals surface area contributed by atoms with Gasteiger partial charge in [-0.2, -0.15) is 0 Å². The van der Waals surface area contributed by atoms with Gasteiger partial charge in [-0.3, -0.25) is 0 Å². The van der Waals surface area contributed by atoms with Crippen molar-refractivity contribution in [2.45, 2.75) is 159 Å². The van der Waals surface area contributed by atoms with Crippen LogP contribution in [0.25, 0.3) is 0 Å². The lowest BCUT2D eigenvalue weighted by atomic mass is 10.0. The van der Waals surface area contributed by atoms with Gasteiger partial charge in [-0.05, 0) is 51.4 Å². The van der Waals surface area contributed by atoms with E-state index in [1.54, 1.807) is 0 Å². The standard InChI is InChI=1S/C27H48O5/c1-3-5-6-7-8-9-10-11-15-22(29)24-17-19-26(31-24)27-20-18-25(32-27)23(30)16-13-12-14-21(28)4-2/h2,21-30H,3,5-20H2,1H3/t21-,22-,23-,24-,25-,26+,27-/m1/s1. The van der Waals surface area contributed by atoms with E-state index in [4.69, 9.17) is 15.9 Å². The summed E-state index contributed by atoms with van der Waals surface area (Å²) in [6.45, 7) is 2.25. The minimum atomic E-state index is -0.683. The lowest BCUT2D eigenvalue weighted by Crippen LogP contribution is -2.33. The summed E-state index contributed by atoms with van der Waals surface area (Å²) >= 11 is 0. The van der Waals surface area contributed by atoms with E-state index >= 15 is 0 Å². The molecule has 0 aromatic carbocycles. The molecule has 0 amide bonds. The largest absolute Gasteiger partial charge is 0.390 e. The second kappa shape index (κ2) is 16.1. The maximum Gasteiger partial charge on any atom is 0.114 e. The smallest absolute Gasteiger partial charge is 0.114 e. The summed E-state index contributed by atoms with van der Waals surface area (Å²) in [7, 11) is 0. The first kappa shape index (κ1) is 27.6. The van der Waals surface area contributed by atoms with Crippen LogP contribution in [0.2, 0.25) is 0 Å². The lowest BCUT2D eigenvalue weighted by Gasteiger charge is -2.24. The summed E-state index contributed by atoms with van der Waals surface area (Å²) in [5, 5.41) is 30.4. The molecule has 0 unspecified atom stereocenters. The van der Waals surface area contributed by atoms with Crippen LogP contribution in [0.1, 0.15) is 116 Å². The molecule has 0 aliphatic carbocycles. The molecular weight excluding hydrogens is 404 g/mol. The van der Waals surface area contributed by atoms with Gasteiger partial charge in [-0.25, -0.2) is 0 Å². The van der Waals surface area contributed by atoms with E-state index in [1.165, 1.54) is 44.9 Å². The predicted molar refractivity (Wildman–Crippen MR) is 128 cm³/mol. The Hall–Kier alpha value is -0.640. The molecule has 2 fully saturated rings. The first-order valence-corrected chi connectivity index (χ1v) is 13.4. The van der Waals surface area contributed by atoms with Crippen molar-refractivity contribution < 1.29 is 24.8 Å². The molecule has 0 saturated carbocycles. The molecule has 0 spiro atoms. The molecule has 2 aliphatic rings. The summed E-state index contributed by atoms with van der Waals surface area (Å²) < 4.78 is 12.3. The Balaban J connectivity index is 1.56. The summed E-state index contributed by atoms with van der Waals surface area (Å²) in [6, 6.07) is 0. The van der Waals surface area contributed by atoms with E-state index < -0.39 is 12.2 Å². The molecule has 2 rings (SSSR count). The Bertz CT molecular complexity index is 519. The zero-order valence-electron chi connectivity index (χ0n) is 20.3. The molecule has 3 N–H and O–H groups in total. The molecule has 2 saturated heterocycles. The van der Waals surface area contributed by atoms with Gasteiger partial charge in [-0.15, -0.1) is 6.42 Å². The van der Waals surface area contributed by atoms with Gasteiger partial charge >= 0.3 is 0 Å². The minimum absolute atomic E-state index is 0.0261. The number of terminal acetylenes is 1. The topological polar surface area (TPSA) is 79.2 Å². The normalized spacial score (nSPS) is 28.5. The van der Waals surface area contributed by atoms with Gasteiger partial charge in [0.15, 0.2) is 0 Å². The zero-order valence-corrected chi connectivity index (χ0v) is 20.3. The second-order valence-corrected chi connectivity index (χ2v) is 9.95. The number of hydrogen-bond acceptors (Lipinski definition) is 5. The van der Waals surface area contributed by atoms with Gasteiger partial charge in [0.05, 0.1) is 36.6 Å². The van der Waals surface area contributed by atoms with Crippen molar-refractivity contribution in [1.29, 1.82) is 0 Å². The number of aliphatic hydroxyl groups excluding tert-OH is 3. The fourth-order valence-corrected chi connectivity index (χ4v) is 5.13. The van der Waals surface area contributed by atoms with E-state index in [0.29, 0.717) is 12.8 Å². The quantitative estimate of drug-likeness (QED) is 0.216. The molecule has 2 aliphatic heterocycles. The van der Waals surface area contributed by atoms with Crippen LogP contribution in [-0.2, 0) is 9.47 Å². The average Bonchev–Trinajstić information content (AvgIpc) is 3.48. The third-order valence-electron chi connectivity index (χ3n) is 7.22. The molecule has 0 aromatic heterocycles. The van der Waals surface area contributed by atoms with Crippen molar-refractivity contribution in [2.24, 2.45) is 0 Å². The third-order valence-corrected chi connectivity index (χ3v) is 7.22. The molecule has 0 aromatic rings. The molecular formula is C27H48O5. The Morgan fingerprint density at radius 2 is 1.12 bits per heavy atom. The van der Waals surface area contributed by atoms with Crippen molar-refractivity contribution in [3.05, 3.63) is 0 Å². The number of rotatable bonds is 17. The fraction of sp³-hybridized carbons (Fsp3) is 0.926. The van der Waals surface area contributed by atoms with Crippen LogP contribution in [0.15, 0.2) is 0 Å². The monoisotopic (exact) mass is 452 g/mol. The Morgan fingerprint density at radius 3 is 1.62 bits per heavy atom. The van der Waals surface area contributed by atoms with E-state index in [9.17, 15) is 15.3 Å². The third kappa shape index (κ3) is 10.1. The highest BCUT2D eigenvalue weighted by Crippen LogP contribution is 2.34. The molecule has 2 heterocycles. The molecule has 7 atom stereocenters. The molecule has 186 valence electrons. The first-order valence-electron chi connectivity index (χ1n) is 13.4.